The molecule has 1 atom stereocenters. The number of hydrogen-bond acceptors (Lipinski definition) is 3. The van der Waals surface area contributed by atoms with Crippen molar-refractivity contribution >= 4 is 11.9 Å². The number of carboxylic acids is 1. The van der Waals surface area contributed by atoms with Gasteiger partial charge in [0.25, 0.3) is 5.91 Å². The van der Waals surface area contributed by atoms with Crippen molar-refractivity contribution in [3.05, 3.63) is 52.8 Å². The number of carbonyl (C=O) groups excluding carboxylic acids is 1. The van der Waals surface area contributed by atoms with Crippen molar-refractivity contribution in [2.45, 2.75) is 26.3 Å². The molecule has 1 heterocycles. The van der Waals surface area contributed by atoms with E-state index in [0.717, 1.165) is 12.0 Å². The van der Waals surface area contributed by atoms with E-state index in [2.05, 4.69) is 17.3 Å². The number of carbonyl (C=O) groups is 2. The highest BCUT2D eigenvalue weighted by atomic mass is 16.4. The van der Waals surface area contributed by atoms with Crippen LogP contribution in [0.15, 0.2) is 30.5 Å². The Bertz CT molecular complexity index is 689. The Hall–Kier alpha value is -2.63. The van der Waals surface area contributed by atoms with Crippen molar-refractivity contribution in [2.24, 2.45) is 7.05 Å². The molecule has 0 radical (unpaired) electrons. The molecule has 2 aromatic rings. The van der Waals surface area contributed by atoms with Crippen LogP contribution >= 0.6 is 0 Å². The van der Waals surface area contributed by atoms with Gasteiger partial charge in [0.2, 0.25) is 0 Å². The van der Waals surface area contributed by atoms with Gasteiger partial charge in [0.15, 0.2) is 0 Å². The van der Waals surface area contributed by atoms with Gasteiger partial charge in [-0.1, -0.05) is 31.2 Å². The minimum absolute atomic E-state index is 0.0459. The topological polar surface area (TPSA) is 84.2 Å². The molecule has 0 saturated heterocycles. The molecule has 6 nitrogen and oxygen atoms in total. The number of aromatic carboxylic acids is 1. The first-order valence-corrected chi connectivity index (χ1v) is 7.09. The first-order chi connectivity index (χ1) is 10.4. The number of hydrogen-bond donors (Lipinski definition) is 2. The molecule has 0 aliphatic heterocycles. The van der Waals surface area contributed by atoms with Gasteiger partial charge in [-0.2, -0.15) is 5.10 Å². The maximum absolute atomic E-state index is 12.3. The molecule has 1 amide bonds. The van der Waals surface area contributed by atoms with E-state index in [1.54, 1.807) is 7.05 Å². The number of carboxylic acid groups (broad SMARTS) is 1. The molecule has 0 bridgehead atoms. The van der Waals surface area contributed by atoms with Crippen LogP contribution in [0.25, 0.3) is 0 Å². The van der Waals surface area contributed by atoms with Crippen LogP contribution in [0, 0.1) is 0 Å². The van der Waals surface area contributed by atoms with Crippen LogP contribution in [0.1, 0.15) is 51.9 Å². The monoisotopic (exact) mass is 301 g/mol. The quantitative estimate of drug-likeness (QED) is 0.886. The summed E-state index contributed by atoms with van der Waals surface area (Å²) in [4.78, 5) is 23.5. The lowest BCUT2D eigenvalue weighted by Gasteiger charge is -2.15. The van der Waals surface area contributed by atoms with Crippen LogP contribution in [0.5, 0.6) is 0 Å². The highest BCUT2D eigenvalue weighted by molar-refractivity contribution is 6.03. The Morgan fingerprint density at radius 3 is 2.50 bits per heavy atom. The number of aryl methyl sites for hydroxylation is 2. The van der Waals surface area contributed by atoms with Gasteiger partial charge in [0, 0.05) is 7.05 Å². The normalized spacial score (nSPS) is 12.0. The lowest BCUT2D eigenvalue weighted by molar-refractivity contribution is 0.0690. The van der Waals surface area contributed by atoms with Crippen molar-refractivity contribution < 1.29 is 14.7 Å². The maximum atomic E-state index is 12.3. The van der Waals surface area contributed by atoms with E-state index in [4.69, 9.17) is 5.11 Å². The standard InChI is InChI=1S/C16H19N3O3/c1-4-11-5-7-12(8-6-11)10(2)18-15(20)14-13(16(21)22)9-17-19(14)3/h5-10H,4H2,1-3H3,(H,18,20)(H,21,22). The highest BCUT2D eigenvalue weighted by Crippen LogP contribution is 2.15. The van der Waals surface area contributed by atoms with Gasteiger partial charge in [0.05, 0.1) is 12.2 Å². The first kappa shape index (κ1) is 15.8. The maximum Gasteiger partial charge on any atom is 0.339 e. The zero-order chi connectivity index (χ0) is 16.3. The fourth-order valence-electron chi connectivity index (χ4n) is 2.25. The van der Waals surface area contributed by atoms with E-state index >= 15 is 0 Å². The molecule has 2 N–H and O–H groups in total. The van der Waals surface area contributed by atoms with Crippen molar-refractivity contribution in [3.63, 3.8) is 0 Å². The summed E-state index contributed by atoms with van der Waals surface area (Å²) < 4.78 is 1.27. The molecule has 22 heavy (non-hydrogen) atoms. The SMILES string of the molecule is CCc1ccc(C(C)NC(=O)c2c(C(=O)O)cnn2C)cc1. The molecule has 1 unspecified atom stereocenters. The van der Waals surface area contributed by atoms with Gasteiger partial charge in [-0.15, -0.1) is 0 Å². The lowest BCUT2D eigenvalue weighted by atomic mass is 10.0. The largest absolute Gasteiger partial charge is 0.478 e. The van der Waals surface area contributed by atoms with Gasteiger partial charge in [-0.25, -0.2) is 4.79 Å². The van der Waals surface area contributed by atoms with Crippen LogP contribution in [0.4, 0.5) is 0 Å². The second-order valence-corrected chi connectivity index (χ2v) is 5.13. The third kappa shape index (κ3) is 3.16. The van der Waals surface area contributed by atoms with E-state index < -0.39 is 11.9 Å². The predicted octanol–water partition coefficient (Wildman–Crippen LogP) is 2.17. The molecule has 0 aliphatic rings. The third-order valence-corrected chi connectivity index (χ3v) is 3.62. The van der Waals surface area contributed by atoms with Crippen molar-refractivity contribution in [1.82, 2.24) is 15.1 Å². The predicted molar refractivity (Wildman–Crippen MR) is 81.9 cm³/mol. The summed E-state index contributed by atoms with van der Waals surface area (Å²) in [5.74, 6) is -1.62. The number of nitrogens with one attached hydrogen (secondary N) is 1. The molecule has 0 spiro atoms. The molecule has 0 fully saturated rings. The summed E-state index contributed by atoms with van der Waals surface area (Å²) in [6.07, 6.45) is 2.13. The molecule has 0 saturated carbocycles. The zero-order valence-corrected chi connectivity index (χ0v) is 12.8. The molecule has 6 heteroatoms. The fourth-order valence-corrected chi connectivity index (χ4v) is 2.25. The van der Waals surface area contributed by atoms with Crippen LogP contribution < -0.4 is 5.32 Å². The second kappa shape index (κ2) is 6.43. The number of nitrogens with zero attached hydrogens (tertiary/aromatic N) is 2. The average Bonchev–Trinajstić information content (AvgIpc) is 2.89. The van der Waals surface area contributed by atoms with Gasteiger partial charge in [0.1, 0.15) is 11.3 Å². The molecular weight excluding hydrogens is 282 g/mol. The molecule has 1 aromatic carbocycles. The summed E-state index contributed by atoms with van der Waals surface area (Å²) in [5, 5.41) is 15.7. The van der Waals surface area contributed by atoms with E-state index in [1.807, 2.05) is 31.2 Å². The molecular formula is C16H19N3O3. The first-order valence-electron chi connectivity index (χ1n) is 7.09. The summed E-state index contributed by atoms with van der Waals surface area (Å²) in [7, 11) is 1.54. The third-order valence-electron chi connectivity index (χ3n) is 3.62. The zero-order valence-electron chi connectivity index (χ0n) is 12.8. The number of amides is 1. The Kier molecular flexibility index (Phi) is 4.60. The second-order valence-electron chi connectivity index (χ2n) is 5.13. The van der Waals surface area contributed by atoms with Crippen LogP contribution in [-0.4, -0.2) is 26.8 Å². The Morgan fingerprint density at radius 1 is 1.32 bits per heavy atom. The molecule has 2 rings (SSSR count). The number of aromatic nitrogens is 2. The van der Waals surface area contributed by atoms with E-state index in [-0.39, 0.29) is 17.3 Å². The van der Waals surface area contributed by atoms with Crippen molar-refractivity contribution in [2.75, 3.05) is 0 Å². The summed E-state index contributed by atoms with van der Waals surface area (Å²) in [5.41, 5.74) is 2.13. The summed E-state index contributed by atoms with van der Waals surface area (Å²) in [6, 6.07) is 7.74. The van der Waals surface area contributed by atoms with Gasteiger partial charge in [-0.3, -0.25) is 9.48 Å². The van der Waals surface area contributed by atoms with E-state index in [9.17, 15) is 9.59 Å². The lowest BCUT2D eigenvalue weighted by Crippen LogP contribution is -2.29. The van der Waals surface area contributed by atoms with E-state index in [0.29, 0.717) is 0 Å². The Morgan fingerprint density at radius 2 is 1.95 bits per heavy atom. The van der Waals surface area contributed by atoms with Crippen molar-refractivity contribution in [3.8, 4) is 0 Å². The summed E-state index contributed by atoms with van der Waals surface area (Å²) >= 11 is 0. The van der Waals surface area contributed by atoms with Crippen LogP contribution in [-0.2, 0) is 13.5 Å². The number of rotatable bonds is 5. The van der Waals surface area contributed by atoms with E-state index in [1.165, 1.54) is 16.4 Å². The van der Waals surface area contributed by atoms with Crippen molar-refractivity contribution in [1.29, 1.82) is 0 Å². The highest BCUT2D eigenvalue weighted by Gasteiger charge is 2.22. The average molecular weight is 301 g/mol. The number of benzene rings is 1. The van der Waals surface area contributed by atoms with Crippen LogP contribution in [0.3, 0.4) is 0 Å². The fraction of sp³-hybridized carbons (Fsp3) is 0.312. The Labute approximate surface area is 128 Å². The minimum Gasteiger partial charge on any atom is -0.478 e. The Balaban J connectivity index is 2.17. The molecule has 0 aliphatic carbocycles. The smallest absolute Gasteiger partial charge is 0.339 e. The van der Waals surface area contributed by atoms with Gasteiger partial charge in [-0.05, 0) is 24.5 Å². The molecule has 116 valence electrons. The summed E-state index contributed by atoms with van der Waals surface area (Å²) in [6.45, 7) is 3.94. The van der Waals surface area contributed by atoms with Crippen LogP contribution in [0.2, 0.25) is 0 Å². The van der Waals surface area contributed by atoms with Gasteiger partial charge >= 0.3 is 5.97 Å². The van der Waals surface area contributed by atoms with Gasteiger partial charge < -0.3 is 10.4 Å². The molecule has 1 aromatic heterocycles. The minimum atomic E-state index is -1.17.